The van der Waals surface area contributed by atoms with Crippen molar-refractivity contribution < 1.29 is 14.5 Å². The molecule has 0 radical (unpaired) electrons. The van der Waals surface area contributed by atoms with Crippen molar-refractivity contribution in [1.82, 2.24) is 5.32 Å². The first kappa shape index (κ1) is 12.4. The summed E-state index contributed by atoms with van der Waals surface area (Å²) in [5.74, 6) is -0.305. The van der Waals surface area contributed by atoms with E-state index in [1.165, 1.54) is 4.58 Å². The van der Waals surface area contributed by atoms with Gasteiger partial charge in [0.25, 0.3) is 0 Å². The van der Waals surface area contributed by atoms with E-state index in [2.05, 4.69) is 5.32 Å². The SMILES string of the molecule is CC1(C)C(=O)NC(O)=[N+]1c1ccc(C#N)c(Cl)c1. The Kier molecular flexibility index (Phi) is 2.76. The van der Waals surface area contributed by atoms with Crippen LogP contribution in [0, 0.1) is 11.3 Å². The molecule has 2 rings (SSSR count). The van der Waals surface area contributed by atoms with Gasteiger partial charge in [0.15, 0.2) is 0 Å². The molecule has 0 aliphatic carbocycles. The van der Waals surface area contributed by atoms with Crippen LogP contribution in [-0.4, -0.2) is 27.1 Å². The summed E-state index contributed by atoms with van der Waals surface area (Å²) in [6, 6.07) is 6.42. The molecule has 6 heteroatoms. The summed E-state index contributed by atoms with van der Waals surface area (Å²) in [7, 11) is 0. The number of rotatable bonds is 1. The number of nitrogens with one attached hydrogen (secondary N) is 1. The van der Waals surface area contributed by atoms with Gasteiger partial charge in [0.1, 0.15) is 11.8 Å². The number of nitriles is 1. The van der Waals surface area contributed by atoms with Crippen molar-refractivity contribution in [2.24, 2.45) is 0 Å². The van der Waals surface area contributed by atoms with E-state index in [9.17, 15) is 9.90 Å². The molecule has 1 aliphatic rings. The van der Waals surface area contributed by atoms with Crippen molar-refractivity contribution >= 4 is 29.2 Å². The van der Waals surface area contributed by atoms with Gasteiger partial charge in [-0.25, -0.2) is 4.79 Å². The van der Waals surface area contributed by atoms with Crippen LogP contribution in [0.4, 0.5) is 5.69 Å². The Morgan fingerprint density at radius 3 is 2.61 bits per heavy atom. The molecule has 1 heterocycles. The number of carbonyl (C=O) groups excluding carboxylic acids is 1. The lowest BCUT2D eigenvalue weighted by Gasteiger charge is -2.15. The first-order valence-corrected chi connectivity index (χ1v) is 5.63. The molecule has 0 saturated heterocycles. The first-order chi connectivity index (χ1) is 8.37. The average molecular weight is 265 g/mol. The highest BCUT2D eigenvalue weighted by atomic mass is 35.5. The molecule has 0 unspecified atom stereocenters. The van der Waals surface area contributed by atoms with Gasteiger partial charge in [-0.2, -0.15) is 15.2 Å². The predicted molar refractivity (Wildman–Crippen MR) is 65.9 cm³/mol. The molecule has 1 amide bonds. The van der Waals surface area contributed by atoms with Gasteiger partial charge in [-0.1, -0.05) is 11.6 Å². The molecular weight excluding hydrogens is 254 g/mol. The van der Waals surface area contributed by atoms with Crippen LogP contribution in [0.3, 0.4) is 0 Å². The van der Waals surface area contributed by atoms with E-state index in [0.29, 0.717) is 11.3 Å². The highest BCUT2D eigenvalue weighted by molar-refractivity contribution is 6.31. The van der Waals surface area contributed by atoms with E-state index in [4.69, 9.17) is 16.9 Å². The molecule has 1 aromatic carbocycles. The van der Waals surface area contributed by atoms with E-state index in [1.807, 2.05) is 6.07 Å². The van der Waals surface area contributed by atoms with Gasteiger partial charge < -0.3 is 5.11 Å². The second kappa shape index (κ2) is 4.00. The fourth-order valence-electron chi connectivity index (χ4n) is 1.86. The van der Waals surface area contributed by atoms with Crippen LogP contribution in [0.1, 0.15) is 19.4 Å². The van der Waals surface area contributed by atoms with Crippen molar-refractivity contribution in [3.63, 3.8) is 0 Å². The van der Waals surface area contributed by atoms with Crippen LogP contribution < -0.4 is 5.32 Å². The summed E-state index contributed by atoms with van der Waals surface area (Å²) in [6.45, 7) is 3.36. The van der Waals surface area contributed by atoms with E-state index in [0.717, 1.165) is 0 Å². The first-order valence-electron chi connectivity index (χ1n) is 5.25. The summed E-state index contributed by atoms with van der Waals surface area (Å²) < 4.78 is 1.43. The van der Waals surface area contributed by atoms with E-state index >= 15 is 0 Å². The number of aliphatic hydroxyl groups is 1. The number of hydrogen-bond donors (Lipinski definition) is 2. The number of benzene rings is 1. The van der Waals surface area contributed by atoms with Crippen molar-refractivity contribution in [2.75, 3.05) is 0 Å². The van der Waals surface area contributed by atoms with Crippen molar-refractivity contribution in [1.29, 1.82) is 5.26 Å². The van der Waals surface area contributed by atoms with Gasteiger partial charge in [0, 0.05) is 6.07 Å². The lowest BCUT2D eigenvalue weighted by molar-refractivity contribution is -0.507. The summed E-state index contributed by atoms with van der Waals surface area (Å²) in [5, 5.41) is 21.2. The van der Waals surface area contributed by atoms with Gasteiger partial charge in [0.2, 0.25) is 5.54 Å². The molecule has 18 heavy (non-hydrogen) atoms. The average Bonchev–Trinajstić information content (AvgIpc) is 2.48. The smallest absolute Gasteiger partial charge is 0.446 e. The van der Waals surface area contributed by atoms with Gasteiger partial charge >= 0.3 is 11.9 Å². The molecule has 1 aliphatic heterocycles. The molecule has 0 fully saturated rings. The van der Waals surface area contributed by atoms with Gasteiger partial charge in [0.05, 0.1) is 10.6 Å². The summed E-state index contributed by atoms with van der Waals surface area (Å²) in [4.78, 5) is 11.7. The fourth-order valence-corrected chi connectivity index (χ4v) is 2.07. The number of nitrogens with zero attached hydrogens (tertiary/aromatic N) is 2. The van der Waals surface area contributed by atoms with Gasteiger partial charge in [-0.15, -0.1) is 0 Å². The van der Waals surface area contributed by atoms with Crippen LogP contribution in [0.5, 0.6) is 0 Å². The Labute approximate surface area is 109 Å². The predicted octanol–water partition coefficient (Wildman–Crippen LogP) is 1.68. The lowest BCUT2D eigenvalue weighted by atomic mass is 10.0. The maximum Gasteiger partial charge on any atom is 0.455 e. The minimum atomic E-state index is -0.915. The zero-order valence-electron chi connectivity index (χ0n) is 9.86. The Morgan fingerprint density at radius 1 is 1.50 bits per heavy atom. The van der Waals surface area contributed by atoms with E-state index in [1.54, 1.807) is 32.0 Å². The minimum absolute atomic E-state index is 0.245. The molecule has 0 bridgehead atoms. The third-order valence-electron chi connectivity index (χ3n) is 2.88. The molecule has 1 aromatic rings. The van der Waals surface area contributed by atoms with Gasteiger partial charge in [-0.05, 0) is 26.0 Å². The second-order valence-electron chi connectivity index (χ2n) is 4.45. The van der Waals surface area contributed by atoms with Crippen LogP contribution >= 0.6 is 11.6 Å². The zero-order chi connectivity index (χ0) is 13.5. The largest absolute Gasteiger partial charge is 0.455 e. The lowest BCUT2D eigenvalue weighted by Crippen LogP contribution is -2.39. The third kappa shape index (κ3) is 1.71. The molecule has 5 nitrogen and oxygen atoms in total. The molecule has 92 valence electrons. The Hall–Kier alpha value is -2.06. The zero-order valence-corrected chi connectivity index (χ0v) is 10.6. The van der Waals surface area contributed by atoms with Crippen molar-refractivity contribution in [3.05, 3.63) is 28.8 Å². The number of halogens is 1. The number of amidine groups is 1. The molecule has 0 atom stereocenters. The standard InChI is InChI=1S/C12H10ClN3O2/c1-12(2)10(17)15-11(18)16(12)8-4-3-7(6-14)9(13)5-8/h3-5H,1-2H3,(H,15,17,18)/p+1. The van der Waals surface area contributed by atoms with Crippen LogP contribution in [0.25, 0.3) is 0 Å². The molecule has 0 spiro atoms. The van der Waals surface area contributed by atoms with Crippen LogP contribution in [0.2, 0.25) is 5.02 Å². The maximum atomic E-state index is 11.7. The van der Waals surface area contributed by atoms with Crippen molar-refractivity contribution in [2.45, 2.75) is 19.4 Å². The van der Waals surface area contributed by atoms with E-state index in [-0.39, 0.29) is 17.0 Å². The van der Waals surface area contributed by atoms with Crippen LogP contribution in [0.15, 0.2) is 18.2 Å². The summed E-state index contributed by atoms with van der Waals surface area (Å²) >= 11 is 5.94. The number of hydrogen-bond acceptors (Lipinski definition) is 2. The van der Waals surface area contributed by atoms with Crippen molar-refractivity contribution in [3.8, 4) is 6.07 Å². The Morgan fingerprint density at radius 2 is 2.17 bits per heavy atom. The van der Waals surface area contributed by atoms with Gasteiger partial charge in [-0.3, -0.25) is 0 Å². The normalized spacial score (nSPS) is 17.6. The fraction of sp³-hybridized carbons (Fsp3) is 0.250. The molecule has 0 saturated carbocycles. The Bertz CT molecular complexity index is 614. The monoisotopic (exact) mass is 264 g/mol. The van der Waals surface area contributed by atoms with E-state index < -0.39 is 5.54 Å². The second-order valence-corrected chi connectivity index (χ2v) is 4.86. The molecule has 0 aromatic heterocycles. The van der Waals surface area contributed by atoms with Crippen LogP contribution in [-0.2, 0) is 4.79 Å². The molecule has 2 N–H and O–H groups in total. The quantitative estimate of drug-likeness (QED) is 0.758. The summed E-state index contributed by atoms with van der Waals surface area (Å²) in [5.41, 5.74) is -0.0299. The summed E-state index contributed by atoms with van der Waals surface area (Å²) in [6.07, 6.45) is 0. The topological polar surface area (TPSA) is 76.1 Å². The number of aliphatic hydroxyl groups excluding tert-OH is 1. The Balaban J connectivity index is 2.57. The third-order valence-corrected chi connectivity index (χ3v) is 3.20. The minimum Gasteiger partial charge on any atom is -0.446 e. The number of amides is 1. The number of carbonyl (C=O) groups is 1. The molecular formula is C12H11ClN3O2+. The maximum absolute atomic E-state index is 11.7. The highest BCUT2D eigenvalue weighted by Crippen LogP contribution is 2.28. The highest BCUT2D eigenvalue weighted by Gasteiger charge is 2.49.